The van der Waals surface area contributed by atoms with Crippen molar-refractivity contribution in [3.8, 4) is 0 Å². The lowest BCUT2D eigenvalue weighted by atomic mass is 9.77. The van der Waals surface area contributed by atoms with Gasteiger partial charge < -0.3 is 0 Å². The Bertz CT molecular complexity index is 2160. The van der Waals surface area contributed by atoms with E-state index in [1.807, 2.05) is 12.1 Å². The van der Waals surface area contributed by atoms with Crippen molar-refractivity contribution < 1.29 is 19.2 Å². The number of unbranched alkanes of at least 4 members (excludes halogenated alkanes) is 6. The molecule has 2 aliphatic carbocycles. The molecule has 6 heteroatoms. The highest BCUT2D eigenvalue weighted by Gasteiger charge is 2.42. The minimum absolute atomic E-state index is 0.0583. The van der Waals surface area contributed by atoms with Crippen LogP contribution in [0, 0.1) is 0 Å². The summed E-state index contributed by atoms with van der Waals surface area (Å²) in [5, 5.41) is 7.80. The van der Waals surface area contributed by atoms with Crippen LogP contribution in [0.2, 0.25) is 0 Å². The molecule has 0 atom stereocenters. The van der Waals surface area contributed by atoms with Gasteiger partial charge in [-0.1, -0.05) is 103 Å². The first-order chi connectivity index (χ1) is 26.4. The van der Waals surface area contributed by atoms with Crippen LogP contribution in [0.1, 0.15) is 182 Å². The van der Waals surface area contributed by atoms with Gasteiger partial charge in [0.05, 0.1) is 0 Å². The summed E-state index contributed by atoms with van der Waals surface area (Å²) in [5.41, 5.74) is 4.83. The molecule has 0 radical (unpaired) electrons. The second-order valence-electron chi connectivity index (χ2n) is 16.9. The molecule has 0 unspecified atom stereocenters. The summed E-state index contributed by atoms with van der Waals surface area (Å²) in [4.78, 5) is 61.5. The molecule has 54 heavy (non-hydrogen) atoms. The van der Waals surface area contributed by atoms with Gasteiger partial charge in [0, 0.05) is 45.1 Å². The second kappa shape index (κ2) is 14.4. The van der Waals surface area contributed by atoms with Crippen molar-refractivity contribution in [2.45, 2.75) is 154 Å². The molecule has 2 heterocycles. The minimum atomic E-state index is -0.164. The largest absolute Gasteiger partial charge is 0.271 e. The van der Waals surface area contributed by atoms with Crippen molar-refractivity contribution in [1.29, 1.82) is 0 Å². The fourth-order valence-corrected chi connectivity index (χ4v) is 10.9. The molecule has 280 valence electrons. The standard InChI is InChI=1S/C48H54N2O4/c1-3-5-7-11-17-29-27-37-41-35(45(51)49(47(37)53)31-19-13-9-14-20-31)26-24-34-40-30(18-12-8-6-4-2)28-38-42-36(25-23-33(44(40)42)39(29)43(34)41)46(52)50(48(38)54)32-21-15-10-16-22-32/h23-28,31-32H,3-22H2,1-2H3. The van der Waals surface area contributed by atoms with Gasteiger partial charge in [-0.25, -0.2) is 0 Å². The minimum Gasteiger partial charge on any atom is -0.271 e. The molecular formula is C48H54N2O4. The van der Waals surface area contributed by atoms with Crippen molar-refractivity contribution in [3.05, 3.63) is 69.8 Å². The lowest BCUT2D eigenvalue weighted by Gasteiger charge is -2.37. The van der Waals surface area contributed by atoms with Crippen LogP contribution in [0.5, 0.6) is 0 Å². The van der Waals surface area contributed by atoms with Crippen LogP contribution in [0.25, 0.3) is 43.1 Å². The second-order valence-corrected chi connectivity index (χ2v) is 16.9. The number of fused-ring (bicyclic) bond motifs is 2. The van der Waals surface area contributed by atoms with Gasteiger partial charge in [-0.3, -0.25) is 29.0 Å². The molecule has 0 spiro atoms. The van der Waals surface area contributed by atoms with Gasteiger partial charge in [0.2, 0.25) is 0 Å². The van der Waals surface area contributed by atoms with Crippen LogP contribution in [-0.2, 0) is 12.8 Å². The normalized spacial score (nSPS) is 18.5. The monoisotopic (exact) mass is 722 g/mol. The molecule has 4 amide bonds. The number of benzene rings is 5. The van der Waals surface area contributed by atoms with E-state index in [1.165, 1.54) is 0 Å². The van der Waals surface area contributed by atoms with E-state index in [-0.39, 0.29) is 35.7 Å². The highest BCUT2D eigenvalue weighted by atomic mass is 16.2. The molecule has 0 N–H and O–H groups in total. The number of hydrogen-bond acceptors (Lipinski definition) is 4. The number of amides is 4. The van der Waals surface area contributed by atoms with Crippen LogP contribution in [0.15, 0.2) is 36.4 Å². The zero-order chi connectivity index (χ0) is 37.1. The zero-order valence-electron chi connectivity index (χ0n) is 32.3. The molecule has 2 fully saturated rings. The Kier molecular flexibility index (Phi) is 9.43. The van der Waals surface area contributed by atoms with E-state index in [2.05, 4.69) is 38.1 Å². The Hall–Kier alpha value is -4.32. The highest BCUT2D eigenvalue weighted by molar-refractivity contribution is 6.42. The Balaban J connectivity index is 1.34. The van der Waals surface area contributed by atoms with Crippen LogP contribution < -0.4 is 0 Å². The Morgan fingerprint density at radius 1 is 0.444 bits per heavy atom. The molecule has 0 aromatic heterocycles. The van der Waals surface area contributed by atoms with Crippen molar-refractivity contribution >= 4 is 66.7 Å². The van der Waals surface area contributed by atoms with E-state index in [0.717, 1.165) is 183 Å². The number of carbonyl (C=O) groups is 4. The maximum absolute atomic E-state index is 14.7. The summed E-state index contributed by atoms with van der Waals surface area (Å²) < 4.78 is 0. The van der Waals surface area contributed by atoms with Gasteiger partial charge in [-0.05, 0) is 119 Å². The summed E-state index contributed by atoms with van der Waals surface area (Å²) in [6.45, 7) is 4.45. The van der Waals surface area contributed by atoms with Crippen LogP contribution >= 0.6 is 0 Å². The van der Waals surface area contributed by atoms with Crippen molar-refractivity contribution in [1.82, 2.24) is 9.80 Å². The SMILES string of the molecule is CCCCCCc1cc2c3c(ccc4c5c(CCCCCC)cc6c7c(ccc(c1c34)c75)C(=O)N(C1CCCCC1)C6=O)C(=O)N(C1CCCCC1)C2=O. The molecule has 5 aromatic rings. The van der Waals surface area contributed by atoms with Gasteiger partial charge in [0.25, 0.3) is 23.6 Å². The number of hydrogen-bond donors (Lipinski definition) is 0. The summed E-state index contributed by atoms with van der Waals surface area (Å²) in [7, 11) is 0. The fourth-order valence-electron chi connectivity index (χ4n) is 10.9. The third-order valence-electron chi connectivity index (χ3n) is 13.5. The number of carbonyl (C=O) groups excluding carboxylic acids is 4. The Morgan fingerprint density at radius 3 is 1.22 bits per heavy atom. The molecular weight excluding hydrogens is 669 g/mol. The number of aryl methyl sites for hydroxylation is 2. The average molecular weight is 723 g/mol. The Morgan fingerprint density at radius 2 is 0.833 bits per heavy atom. The van der Waals surface area contributed by atoms with E-state index < -0.39 is 0 Å². The van der Waals surface area contributed by atoms with E-state index in [4.69, 9.17) is 0 Å². The summed E-state index contributed by atoms with van der Waals surface area (Å²) >= 11 is 0. The molecule has 0 saturated heterocycles. The van der Waals surface area contributed by atoms with Crippen molar-refractivity contribution in [3.63, 3.8) is 0 Å². The Labute approximate surface area is 318 Å². The highest BCUT2D eigenvalue weighted by Crippen LogP contribution is 2.50. The first-order valence-corrected chi connectivity index (χ1v) is 21.5. The number of imide groups is 2. The molecule has 2 aliphatic heterocycles. The van der Waals surface area contributed by atoms with Crippen LogP contribution in [0.3, 0.4) is 0 Å². The molecule has 6 nitrogen and oxygen atoms in total. The van der Waals surface area contributed by atoms with Gasteiger partial charge in [-0.15, -0.1) is 0 Å². The fraction of sp³-hybridized carbons (Fsp3) is 0.500. The van der Waals surface area contributed by atoms with E-state index >= 15 is 0 Å². The maximum atomic E-state index is 14.7. The molecule has 9 rings (SSSR count). The maximum Gasteiger partial charge on any atom is 0.261 e. The summed E-state index contributed by atoms with van der Waals surface area (Å²) in [6, 6.07) is 12.3. The predicted octanol–water partition coefficient (Wildman–Crippen LogP) is 11.8. The smallest absolute Gasteiger partial charge is 0.261 e. The topological polar surface area (TPSA) is 74.8 Å². The third-order valence-corrected chi connectivity index (χ3v) is 13.5. The van der Waals surface area contributed by atoms with E-state index in [9.17, 15) is 19.2 Å². The number of rotatable bonds is 12. The van der Waals surface area contributed by atoms with Crippen LogP contribution in [-0.4, -0.2) is 45.5 Å². The third kappa shape index (κ3) is 5.48. The molecule has 2 saturated carbocycles. The van der Waals surface area contributed by atoms with E-state index in [1.54, 1.807) is 9.80 Å². The lowest BCUT2D eigenvalue weighted by molar-refractivity contribution is 0.0487. The first kappa shape index (κ1) is 35.4. The van der Waals surface area contributed by atoms with Crippen LogP contribution in [0.4, 0.5) is 0 Å². The first-order valence-electron chi connectivity index (χ1n) is 21.5. The molecule has 4 aliphatic rings. The van der Waals surface area contributed by atoms with Gasteiger partial charge in [-0.2, -0.15) is 0 Å². The zero-order valence-corrected chi connectivity index (χ0v) is 32.3. The molecule has 0 bridgehead atoms. The van der Waals surface area contributed by atoms with Gasteiger partial charge in [0.15, 0.2) is 0 Å². The van der Waals surface area contributed by atoms with E-state index in [0.29, 0.717) is 22.3 Å². The van der Waals surface area contributed by atoms with Crippen molar-refractivity contribution in [2.24, 2.45) is 0 Å². The van der Waals surface area contributed by atoms with Gasteiger partial charge >= 0.3 is 0 Å². The van der Waals surface area contributed by atoms with Crippen molar-refractivity contribution in [2.75, 3.05) is 0 Å². The predicted molar refractivity (Wildman–Crippen MR) is 218 cm³/mol. The van der Waals surface area contributed by atoms with Gasteiger partial charge in [0.1, 0.15) is 0 Å². The lowest BCUT2D eigenvalue weighted by Crippen LogP contribution is -2.48. The summed E-state index contributed by atoms with van der Waals surface area (Å²) in [5.74, 6) is -0.620. The summed E-state index contributed by atoms with van der Waals surface area (Å²) in [6.07, 6.45) is 20.4. The molecule has 5 aromatic carbocycles. The average Bonchev–Trinajstić information content (AvgIpc) is 3.20. The number of nitrogens with zero attached hydrogens (tertiary/aromatic N) is 2. The quantitative estimate of drug-likeness (QED) is 0.0556.